The van der Waals surface area contributed by atoms with E-state index in [4.69, 9.17) is 10.5 Å². The summed E-state index contributed by atoms with van der Waals surface area (Å²) in [5.41, 5.74) is 3.12. The standard InChI is InChI=1S/C14H19F3N2O2/c1-13(18,14(15,16)17)12(20)19-8-5-9-21-10-11-6-3-2-4-7-11/h2-4,6-7H,5,8-10,18H2,1H3,(H,19,20). The first-order valence-corrected chi connectivity index (χ1v) is 6.50. The van der Waals surface area contributed by atoms with Crippen molar-refractivity contribution in [3.8, 4) is 0 Å². The predicted molar refractivity (Wildman–Crippen MR) is 72.4 cm³/mol. The van der Waals surface area contributed by atoms with Gasteiger partial charge in [-0.1, -0.05) is 30.3 Å². The van der Waals surface area contributed by atoms with E-state index in [0.29, 0.717) is 26.6 Å². The van der Waals surface area contributed by atoms with Crippen LogP contribution in [0, 0.1) is 0 Å². The van der Waals surface area contributed by atoms with Gasteiger partial charge in [-0.15, -0.1) is 0 Å². The van der Waals surface area contributed by atoms with Crippen LogP contribution in [-0.2, 0) is 16.1 Å². The summed E-state index contributed by atoms with van der Waals surface area (Å²) in [5, 5.41) is 2.16. The molecule has 0 aliphatic rings. The minimum absolute atomic E-state index is 0.0799. The molecule has 1 amide bonds. The van der Waals surface area contributed by atoms with Crippen LogP contribution in [0.1, 0.15) is 18.9 Å². The van der Waals surface area contributed by atoms with Crippen LogP contribution in [0.3, 0.4) is 0 Å². The fourth-order valence-corrected chi connectivity index (χ4v) is 1.45. The molecule has 0 saturated heterocycles. The number of ether oxygens (including phenoxy) is 1. The molecule has 21 heavy (non-hydrogen) atoms. The molecule has 0 radical (unpaired) electrons. The Labute approximate surface area is 121 Å². The number of hydrogen-bond acceptors (Lipinski definition) is 3. The summed E-state index contributed by atoms with van der Waals surface area (Å²) in [6.07, 6.45) is -4.37. The Morgan fingerprint density at radius 1 is 1.29 bits per heavy atom. The van der Waals surface area contributed by atoms with Crippen LogP contribution in [0.25, 0.3) is 0 Å². The highest BCUT2D eigenvalue weighted by molar-refractivity contribution is 5.86. The Bertz CT molecular complexity index is 447. The maximum absolute atomic E-state index is 12.5. The molecule has 0 aliphatic heterocycles. The first-order valence-electron chi connectivity index (χ1n) is 6.50. The number of amides is 1. The van der Waals surface area contributed by atoms with Crippen molar-refractivity contribution in [3.63, 3.8) is 0 Å². The van der Waals surface area contributed by atoms with Crippen molar-refractivity contribution < 1.29 is 22.7 Å². The number of nitrogens with two attached hydrogens (primary N) is 1. The van der Waals surface area contributed by atoms with E-state index >= 15 is 0 Å². The molecule has 0 aromatic heterocycles. The van der Waals surface area contributed by atoms with Gasteiger partial charge in [0.05, 0.1) is 6.61 Å². The molecule has 118 valence electrons. The summed E-state index contributed by atoms with van der Waals surface area (Å²) in [5.74, 6) is -1.24. The lowest BCUT2D eigenvalue weighted by Crippen LogP contribution is -2.61. The lowest BCUT2D eigenvalue weighted by atomic mass is 10.0. The quantitative estimate of drug-likeness (QED) is 0.757. The Morgan fingerprint density at radius 3 is 2.48 bits per heavy atom. The summed E-state index contributed by atoms with van der Waals surface area (Å²) in [7, 11) is 0. The molecule has 0 fully saturated rings. The van der Waals surface area contributed by atoms with Crippen LogP contribution < -0.4 is 11.1 Å². The van der Waals surface area contributed by atoms with Crippen molar-refractivity contribution in [1.29, 1.82) is 0 Å². The van der Waals surface area contributed by atoms with Crippen LogP contribution in [0.5, 0.6) is 0 Å². The van der Waals surface area contributed by atoms with Crippen LogP contribution in [0.15, 0.2) is 30.3 Å². The molecule has 7 heteroatoms. The highest BCUT2D eigenvalue weighted by Crippen LogP contribution is 2.27. The number of rotatable bonds is 7. The molecule has 1 aromatic rings. The molecule has 4 nitrogen and oxygen atoms in total. The minimum atomic E-state index is -4.78. The number of benzene rings is 1. The maximum Gasteiger partial charge on any atom is 0.415 e. The van der Waals surface area contributed by atoms with Crippen LogP contribution in [-0.4, -0.2) is 30.8 Å². The summed E-state index contributed by atoms with van der Waals surface area (Å²) in [6.45, 7) is 1.49. The highest BCUT2D eigenvalue weighted by Gasteiger charge is 2.53. The van der Waals surface area contributed by atoms with Gasteiger partial charge < -0.3 is 15.8 Å². The van der Waals surface area contributed by atoms with E-state index < -0.39 is 17.6 Å². The van der Waals surface area contributed by atoms with Gasteiger partial charge in [-0.2, -0.15) is 13.2 Å². The van der Waals surface area contributed by atoms with E-state index in [9.17, 15) is 18.0 Å². The molecule has 0 heterocycles. The SMILES string of the molecule is CC(N)(C(=O)NCCCOCc1ccccc1)C(F)(F)F. The Morgan fingerprint density at radius 2 is 1.90 bits per heavy atom. The number of hydrogen-bond donors (Lipinski definition) is 2. The zero-order valence-corrected chi connectivity index (χ0v) is 11.7. The largest absolute Gasteiger partial charge is 0.415 e. The molecule has 3 N–H and O–H groups in total. The Hall–Kier alpha value is -1.60. The van der Waals surface area contributed by atoms with Crippen molar-refractivity contribution in [2.45, 2.75) is 31.7 Å². The van der Waals surface area contributed by atoms with Gasteiger partial charge in [-0.05, 0) is 18.9 Å². The molecular weight excluding hydrogens is 285 g/mol. The van der Waals surface area contributed by atoms with E-state index in [1.807, 2.05) is 30.3 Å². The summed E-state index contributed by atoms with van der Waals surface area (Å²) >= 11 is 0. The zero-order valence-electron chi connectivity index (χ0n) is 11.7. The number of carbonyl (C=O) groups is 1. The van der Waals surface area contributed by atoms with E-state index in [-0.39, 0.29) is 6.54 Å². The topological polar surface area (TPSA) is 64.4 Å². The molecule has 1 aromatic carbocycles. The van der Waals surface area contributed by atoms with Crippen molar-refractivity contribution in [2.24, 2.45) is 5.73 Å². The van der Waals surface area contributed by atoms with Crippen molar-refractivity contribution >= 4 is 5.91 Å². The fraction of sp³-hybridized carbons (Fsp3) is 0.500. The molecule has 0 spiro atoms. The van der Waals surface area contributed by atoms with Gasteiger partial charge >= 0.3 is 6.18 Å². The van der Waals surface area contributed by atoms with E-state index in [0.717, 1.165) is 5.56 Å². The number of alkyl halides is 3. The average molecular weight is 304 g/mol. The first kappa shape index (κ1) is 17.5. The summed E-state index contributed by atoms with van der Waals surface area (Å²) < 4.78 is 42.8. The Kier molecular flexibility index (Phi) is 6.17. The van der Waals surface area contributed by atoms with E-state index in [1.165, 1.54) is 0 Å². The second-order valence-corrected chi connectivity index (χ2v) is 4.85. The van der Waals surface area contributed by atoms with Gasteiger partial charge in [0.15, 0.2) is 5.54 Å². The lowest BCUT2D eigenvalue weighted by Gasteiger charge is -2.26. The van der Waals surface area contributed by atoms with Gasteiger partial charge in [0, 0.05) is 13.2 Å². The molecule has 0 aliphatic carbocycles. The van der Waals surface area contributed by atoms with Gasteiger partial charge in [0.25, 0.3) is 0 Å². The smallest absolute Gasteiger partial charge is 0.377 e. The monoisotopic (exact) mass is 304 g/mol. The third kappa shape index (κ3) is 5.35. The molecule has 0 saturated carbocycles. The van der Waals surface area contributed by atoms with E-state index in [2.05, 4.69) is 5.32 Å². The number of carbonyl (C=O) groups excluding carboxylic acids is 1. The second-order valence-electron chi connectivity index (χ2n) is 4.85. The van der Waals surface area contributed by atoms with Crippen molar-refractivity contribution in [1.82, 2.24) is 5.32 Å². The van der Waals surface area contributed by atoms with Gasteiger partial charge in [0.1, 0.15) is 0 Å². The van der Waals surface area contributed by atoms with E-state index in [1.54, 1.807) is 0 Å². The normalized spacial score (nSPS) is 14.5. The van der Waals surface area contributed by atoms with Crippen LogP contribution in [0.4, 0.5) is 13.2 Å². The third-order valence-electron chi connectivity index (χ3n) is 2.92. The molecule has 1 unspecified atom stereocenters. The average Bonchev–Trinajstić information content (AvgIpc) is 2.42. The third-order valence-corrected chi connectivity index (χ3v) is 2.92. The number of halogens is 3. The highest BCUT2D eigenvalue weighted by atomic mass is 19.4. The van der Waals surface area contributed by atoms with Crippen molar-refractivity contribution in [3.05, 3.63) is 35.9 Å². The fourth-order valence-electron chi connectivity index (χ4n) is 1.45. The molecule has 1 atom stereocenters. The molecule has 1 rings (SSSR count). The number of nitrogens with one attached hydrogen (secondary N) is 1. The molecular formula is C14H19F3N2O2. The molecule has 0 bridgehead atoms. The summed E-state index contributed by atoms with van der Waals surface area (Å²) in [4.78, 5) is 11.4. The van der Waals surface area contributed by atoms with Crippen LogP contribution in [0.2, 0.25) is 0 Å². The minimum Gasteiger partial charge on any atom is -0.377 e. The van der Waals surface area contributed by atoms with Gasteiger partial charge in [0.2, 0.25) is 5.91 Å². The lowest BCUT2D eigenvalue weighted by molar-refractivity contribution is -0.187. The summed E-state index contributed by atoms with van der Waals surface area (Å²) in [6, 6.07) is 9.48. The van der Waals surface area contributed by atoms with Crippen molar-refractivity contribution in [2.75, 3.05) is 13.2 Å². The zero-order chi connectivity index (χ0) is 15.9. The van der Waals surface area contributed by atoms with Gasteiger partial charge in [-0.25, -0.2) is 0 Å². The first-order chi connectivity index (χ1) is 9.75. The van der Waals surface area contributed by atoms with Gasteiger partial charge in [-0.3, -0.25) is 4.79 Å². The second kappa shape index (κ2) is 7.42. The van der Waals surface area contributed by atoms with Crippen LogP contribution >= 0.6 is 0 Å². The Balaban J connectivity index is 2.18. The maximum atomic E-state index is 12.5. The predicted octanol–water partition coefficient (Wildman–Crippen LogP) is 1.99.